The van der Waals surface area contributed by atoms with Crippen molar-refractivity contribution in [2.75, 3.05) is 0 Å². The number of phenolic OH excluding ortho intramolecular Hbond substituents is 1. The maximum absolute atomic E-state index is 12.5. The summed E-state index contributed by atoms with van der Waals surface area (Å²) in [4.78, 5) is 24.7. The first-order valence-electron chi connectivity index (χ1n) is 8.62. The minimum atomic E-state index is -1.01. The molecule has 2 aromatic rings. The van der Waals surface area contributed by atoms with Gasteiger partial charge in [0.2, 0.25) is 0 Å². The Morgan fingerprint density at radius 2 is 1.81 bits per heavy atom. The molecule has 0 saturated carbocycles. The molecular formula is C21H23NO5. The van der Waals surface area contributed by atoms with Crippen LogP contribution in [-0.4, -0.2) is 25.9 Å². The molecule has 0 spiro atoms. The first kappa shape index (κ1) is 20.0. The lowest BCUT2D eigenvalue weighted by molar-refractivity contribution is 0.103. The van der Waals surface area contributed by atoms with Gasteiger partial charge in [0.05, 0.1) is 6.20 Å². The third kappa shape index (κ3) is 4.67. The summed E-state index contributed by atoms with van der Waals surface area (Å²) in [5, 5.41) is 29.7. The van der Waals surface area contributed by atoms with Crippen LogP contribution in [0.2, 0.25) is 0 Å². The molecule has 142 valence electrons. The van der Waals surface area contributed by atoms with E-state index in [0.29, 0.717) is 11.5 Å². The van der Waals surface area contributed by atoms with Crippen molar-refractivity contribution >= 4 is 5.78 Å². The highest BCUT2D eigenvalue weighted by Gasteiger charge is 2.21. The van der Waals surface area contributed by atoms with Crippen LogP contribution in [0.3, 0.4) is 0 Å². The quantitative estimate of drug-likeness (QED) is 0.310. The Hall–Kier alpha value is -3.28. The van der Waals surface area contributed by atoms with Crippen LogP contribution in [0, 0.1) is 5.92 Å². The summed E-state index contributed by atoms with van der Waals surface area (Å²) in [6.07, 6.45) is 6.76. The molecule has 0 fully saturated rings. The smallest absolute Gasteiger partial charge is 0.297 e. The third-order valence-electron chi connectivity index (χ3n) is 4.28. The van der Waals surface area contributed by atoms with Gasteiger partial charge in [-0.1, -0.05) is 50.1 Å². The highest BCUT2D eigenvalue weighted by molar-refractivity contribution is 6.07. The summed E-state index contributed by atoms with van der Waals surface area (Å²) in [7, 11) is 0. The van der Waals surface area contributed by atoms with Gasteiger partial charge in [0, 0.05) is 5.56 Å². The number of carbonyl (C=O) groups is 1. The van der Waals surface area contributed by atoms with E-state index in [1.165, 1.54) is 30.3 Å². The number of ketones is 1. The first-order chi connectivity index (χ1) is 12.7. The molecule has 0 aliphatic rings. The fourth-order valence-electron chi connectivity index (χ4n) is 2.58. The van der Waals surface area contributed by atoms with Crippen LogP contribution in [0.4, 0.5) is 0 Å². The molecule has 1 atom stereocenters. The van der Waals surface area contributed by atoms with Gasteiger partial charge in [-0.25, -0.2) is 0 Å². The predicted octanol–water partition coefficient (Wildman–Crippen LogP) is 3.90. The molecule has 27 heavy (non-hydrogen) atoms. The Morgan fingerprint density at radius 3 is 2.41 bits per heavy atom. The normalized spacial score (nSPS) is 13.1. The minimum absolute atomic E-state index is 0.0263. The van der Waals surface area contributed by atoms with E-state index in [0.717, 1.165) is 18.2 Å². The van der Waals surface area contributed by atoms with Gasteiger partial charge >= 0.3 is 0 Å². The highest BCUT2D eigenvalue weighted by Crippen LogP contribution is 2.31. The van der Waals surface area contributed by atoms with Crippen LogP contribution in [0.5, 0.6) is 11.5 Å². The molecule has 0 aliphatic carbocycles. The standard InChI is InChI=1S/C21H23NO5/c1-4-13(2)11-14(3)5-10-18(24)19-20(25)17(12-22(27)21(19)26)15-6-8-16(23)9-7-15/h5-13,23,25,27H,4H2,1-3H3/b10-5+,14-11+/t13-/m0/s1. The summed E-state index contributed by atoms with van der Waals surface area (Å²) < 4.78 is 0.269. The average Bonchev–Trinajstić information content (AvgIpc) is 2.64. The van der Waals surface area contributed by atoms with Crippen molar-refractivity contribution in [3.05, 3.63) is 70.2 Å². The summed E-state index contributed by atoms with van der Waals surface area (Å²) in [6, 6.07) is 5.79. The monoisotopic (exact) mass is 369 g/mol. The van der Waals surface area contributed by atoms with Crippen molar-refractivity contribution in [1.29, 1.82) is 0 Å². The largest absolute Gasteiger partial charge is 0.508 e. The van der Waals surface area contributed by atoms with Crippen molar-refractivity contribution < 1.29 is 20.2 Å². The molecule has 6 heteroatoms. The lowest BCUT2D eigenvalue weighted by Crippen LogP contribution is -2.24. The summed E-state index contributed by atoms with van der Waals surface area (Å²) in [5.74, 6) is -0.851. The zero-order valence-corrected chi connectivity index (χ0v) is 15.5. The van der Waals surface area contributed by atoms with Gasteiger partial charge in [-0.15, -0.1) is 0 Å². The second kappa shape index (κ2) is 8.40. The number of phenols is 1. The topological polar surface area (TPSA) is 99.8 Å². The number of aromatic nitrogens is 1. The second-order valence-electron chi connectivity index (χ2n) is 6.46. The lowest BCUT2D eigenvalue weighted by atomic mass is 10.0. The molecule has 1 aromatic carbocycles. The number of nitrogens with zero attached hydrogens (tertiary/aromatic N) is 1. The molecule has 1 heterocycles. The number of pyridine rings is 1. The maximum atomic E-state index is 12.5. The van der Waals surface area contributed by atoms with Crippen LogP contribution in [0.1, 0.15) is 37.6 Å². The van der Waals surface area contributed by atoms with E-state index in [2.05, 4.69) is 13.8 Å². The van der Waals surface area contributed by atoms with Crippen LogP contribution >= 0.6 is 0 Å². The maximum Gasteiger partial charge on any atom is 0.297 e. The summed E-state index contributed by atoms with van der Waals surface area (Å²) in [5.41, 5.74) is -0.139. The zero-order chi connectivity index (χ0) is 20.1. The third-order valence-corrected chi connectivity index (χ3v) is 4.28. The van der Waals surface area contributed by atoms with Gasteiger partial charge in [0.25, 0.3) is 5.56 Å². The Balaban J connectivity index is 2.47. The Morgan fingerprint density at radius 1 is 1.19 bits per heavy atom. The van der Waals surface area contributed by atoms with Gasteiger partial charge in [0.1, 0.15) is 17.1 Å². The number of hydrogen-bond acceptors (Lipinski definition) is 5. The molecule has 0 aliphatic heterocycles. The molecule has 0 radical (unpaired) electrons. The summed E-state index contributed by atoms with van der Waals surface area (Å²) >= 11 is 0. The van der Waals surface area contributed by atoms with Gasteiger partial charge < -0.3 is 15.4 Å². The molecular weight excluding hydrogens is 346 g/mol. The molecule has 0 amide bonds. The van der Waals surface area contributed by atoms with Crippen molar-refractivity contribution in [3.8, 4) is 22.6 Å². The zero-order valence-electron chi connectivity index (χ0n) is 15.5. The van der Waals surface area contributed by atoms with E-state index >= 15 is 0 Å². The van der Waals surface area contributed by atoms with Gasteiger partial charge in [0.15, 0.2) is 5.78 Å². The van der Waals surface area contributed by atoms with Crippen LogP contribution < -0.4 is 5.56 Å². The molecule has 3 N–H and O–H groups in total. The Labute approximate surface area is 157 Å². The molecule has 0 unspecified atom stereocenters. The van der Waals surface area contributed by atoms with Gasteiger partial charge in [-0.05, 0) is 36.6 Å². The Bertz CT molecular complexity index is 952. The molecule has 6 nitrogen and oxygen atoms in total. The van der Waals surface area contributed by atoms with E-state index in [4.69, 9.17) is 0 Å². The fourth-order valence-corrected chi connectivity index (χ4v) is 2.58. The first-order valence-corrected chi connectivity index (χ1v) is 8.62. The summed E-state index contributed by atoms with van der Waals surface area (Å²) in [6.45, 7) is 5.95. The number of allylic oxidation sites excluding steroid dienone is 4. The van der Waals surface area contributed by atoms with E-state index < -0.39 is 22.7 Å². The van der Waals surface area contributed by atoms with Crippen molar-refractivity contribution in [2.24, 2.45) is 5.92 Å². The van der Waals surface area contributed by atoms with Gasteiger partial charge in [-0.2, -0.15) is 4.73 Å². The molecule has 2 rings (SSSR count). The SMILES string of the molecule is CC[C@H](C)/C=C(C)/C=C/C(=O)c1c(O)c(-c2ccc(O)cc2)cn(O)c1=O. The Kier molecular flexibility index (Phi) is 6.23. The minimum Gasteiger partial charge on any atom is -0.508 e. The predicted molar refractivity (Wildman–Crippen MR) is 103 cm³/mol. The van der Waals surface area contributed by atoms with E-state index in [-0.39, 0.29) is 16.0 Å². The lowest BCUT2D eigenvalue weighted by Gasteiger charge is -2.10. The number of hydrogen-bond donors (Lipinski definition) is 3. The van der Waals surface area contributed by atoms with Crippen LogP contribution in [0.25, 0.3) is 11.1 Å². The van der Waals surface area contributed by atoms with Gasteiger partial charge in [-0.3, -0.25) is 9.59 Å². The second-order valence-corrected chi connectivity index (χ2v) is 6.46. The van der Waals surface area contributed by atoms with E-state index in [1.807, 2.05) is 13.0 Å². The molecule has 1 aromatic heterocycles. The fraction of sp³-hybridized carbons (Fsp3) is 0.238. The van der Waals surface area contributed by atoms with Crippen molar-refractivity contribution in [1.82, 2.24) is 4.73 Å². The van der Waals surface area contributed by atoms with E-state index in [1.54, 1.807) is 6.08 Å². The number of carbonyl (C=O) groups excluding carboxylic acids is 1. The number of aromatic hydroxyl groups is 2. The number of rotatable bonds is 6. The highest BCUT2D eigenvalue weighted by atomic mass is 16.5. The molecule has 0 saturated heterocycles. The van der Waals surface area contributed by atoms with Crippen LogP contribution in [0.15, 0.2) is 59.1 Å². The average molecular weight is 369 g/mol. The van der Waals surface area contributed by atoms with Crippen molar-refractivity contribution in [3.63, 3.8) is 0 Å². The van der Waals surface area contributed by atoms with Crippen LogP contribution in [-0.2, 0) is 0 Å². The van der Waals surface area contributed by atoms with E-state index in [9.17, 15) is 25.0 Å². The number of benzene rings is 1. The molecule has 0 bridgehead atoms. The van der Waals surface area contributed by atoms with Crippen molar-refractivity contribution in [2.45, 2.75) is 27.2 Å².